The van der Waals surface area contributed by atoms with Crippen LogP contribution in [0.1, 0.15) is 38.0 Å². The molecule has 0 saturated heterocycles. The third-order valence-electron chi connectivity index (χ3n) is 3.99. The van der Waals surface area contributed by atoms with E-state index in [-0.39, 0.29) is 6.04 Å². The van der Waals surface area contributed by atoms with Crippen molar-refractivity contribution < 1.29 is 4.42 Å². The predicted molar refractivity (Wildman–Crippen MR) is 73.1 cm³/mol. The molecule has 2 rings (SSSR count). The van der Waals surface area contributed by atoms with Crippen molar-refractivity contribution in [3.63, 3.8) is 0 Å². The number of hydrogen-bond acceptors (Lipinski definition) is 3. The Morgan fingerprint density at radius 3 is 2.59 bits per heavy atom. The Morgan fingerprint density at radius 1 is 1.47 bits per heavy atom. The van der Waals surface area contributed by atoms with Crippen molar-refractivity contribution >= 4 is 15.9 Å². The second kappa shape index (κ2) is 5.12. The fourth-order valence-corrected chi connectivity index (χ4v) is 2.69. The predicted octanol–water partition coefficient (Wildman–Crippen LogP) is 3.18. The Labute approximate surface area is 112 Å². The van der Waals surface area contributed by atoms with Gasteiger partial charge in [0.05, 0.1) is 6.04 Å². The third-order valence-corrected chi connectivity index (χ3v) is 4.42. The molecule has 1 aliphatic carbocycles. The van der Waals surface area contributed by atoms with Crippen molar-refractivity contribution in [1.82, 2.24) is 10.2 Å². The first-order chi connectivity index (χ1) is 8.03. The minimum absolute atomic E-state index is 0.263. The molecular formula is C13H21BrN2O. The Balaban J connectivity index is 1.89. The zero-order valence-corrected chi connectivity index (χ0v) is 12.4. The van der Waals surface area contributed by atoms with Crippen LogP contribution in [0.4, 0.5) is 0 Å². The molecule has 0 spiro atoms. The summed E-state index contributed by atoms with van der Waals surface area (Å²) in [6, 6.07) is 4.22. The molecule has 1 saturated carbocycles. The molecule has 0 aliphatic heterocycles. The number of nitrogens with one attached hydrogen (secondary N) is 1. The quantitative estimate of drug-likeness (QED) is 0.905. The van der Waals surface area contributed by atoms with E-state index in [0.29, 0.717) is 5.54 Å². The van der Waals surface area contributed by atoms with Gasteiger partial charge in [0.15, 0.2) is 4.67 Å². The lowest BCUT2D eigenvalue weighted by atomic mass is 9.75. The third kappa shape index (κ3) is 2.75. The summed E-state index contributed by atoms with van der Waals surface area (Å²) >= 11 is 3.34. The van der Waals surface area contributed by atoms with Crippen LogP contribution in [-0.4, -0.2) is 31.1 Å². The van der Waals surface area contributed by atoms with E-state index in [1.165, 1.54) is 19.3 Å². The molecular weight excluding hydrogens is 280 g/mol. The van der Waals surface area contributed by atoms with Crippen molar-refractivity contribution in [2.24, 2.45) is 0 Å². The summed E-state index contributed by atoms with van der Waals surface area (Å²) in [5.74, 6) is 0.991. The summed E-state index contributed by atoms with van der Waals surface area (Å²) < 4.78 is 6.36. The van der Waals surface area contributed by atoms with Gasteiger partial charge in [-0.05, 0) is 68.3 Å². The second-order valence-corrected chi connectivity index (χ2v) is 6.00. The first kappa shape index (κ1) is 13.1. The molecule has 0 amide bonds. The van der Waals surface area contributed by atoms with Crippen molar-refractivity contribution in [3.05, 3.63) is 22.6 Å². The van der Waals surface area contributed by atoms with E-state index in [1.54, 1.807) is 0 Å². The molecule has 0 radical (unpaired) electrons. The molecule has 1 N–H and O–H groups in total. The van der Waals surface area contributed by atoms with Gasteiger partial charge in [-0.2, -0.15) is 0 Å². The maximum atomic E-state index is 5.56. The second-order valence-electron chi connectivity index (χ2n) is 5.22. The molecule has 17 heavy (non-hydrogen) atoms. The summed E-state index contributed by atoms with van der Waals surface area (Å²) in [5.41, 5.74) is 0.359. The van der Waals surface area contributed by atoms with Crippen LogP contribution < -0.4 is 5.32 Å². The summed E-state index contributed by atoms with van der Waals surface area (Å²) in [6.07, 6.45) is 3.93. The largest absolute Gasteiger partial charge is 0.453 e. The molecule has 0 bridgehead atoms. The van der Waals surface area contributed by atoms with E-state index in [9.17, 15) is 0 Å². The highest BCUT2D eigenvalue weighted by Crippen LogP contribution is 2.36. The first-order valence-corrected chi connectivity index (χ1v) is 6.99. The van der Waals surface area contributed by atoms with Gasteiger partial charge in [0.25, 0.3) is 0 Å². The Hall–Kier alpha value is -0.320. The maximum Gasteiger partial charge on any atom is 0.169 e. The SMILES string of the molecule is CC(NCC1(N(C)C)CCC1)c1ccc(Br)o1. The van der Waals surface area contributed by atoms with Gasteiger partial charge in [-0.15, -0.1) is 0 Å². The molecule has 1 heterocycles. The van der Waals surface area contributed by atoms with Crippen LogP contribution in [0, 0.1) is 0 Å². The minimum atomic E-state index is 0.263. The van der Waals surface area contributed by atoms with E-state index in [1.807, 2.05) is 12.1 Å². The summed E-state index contributed by atoms with van der Waals surface area (Å²) in [4.78, 5) is 2.36. The van der Waals surface area contributed by atoms with Gasteiger partial charge in [-0.3, -0.25) is 0 Å². The van der Waals surface area contributed by atoms with Crippen LogP contribution in [0.25, 0.3) is 0 Å². The maximum absolute atomic E-state index is 5.56. The van der Waals surface area contributed by atoms with Crippen molar-refractivity contribution in [2.45, 2.75) is 37.8 Å². The lowest BCUT2D eigenvalue weighted by Gasteiger charge is -2.48. The van der Waals surface area contributed by atoms with E-state index in [0.717, 1.165) is 17.0 Å². The van der Waals surface area contributed by atoms with Gasteiger partial charge in [-0.25, -0.2) is 0 Å². The van der Waals surface area contributed by atoms with Crippen LogP contribution in [-0.2, 0) is 0 Å². The van der Waals surface area contributed by atoms with Crippen LogP contribution in [0.3, 0.4) is 0 Å². The smallest absolute Gasteiger partial charge is 0.169 e. The van der Waals surface area contributed by atoms with Gasteiger partial charge >= 0.3 is 0 Å². The normalized spacial score (nSPS) is 20.3. The lowest BCUT2D eigenvalue weighted by Crippen LogP contribution is -2.56. The number of nitrogens with zero attached hydrogens (tertiary/aromatic N) is 1. The molecule has 0 aromatic carbocycles. The van der Waals surface area contributed by atoms with E-state index in [2.05, 4.69) is 47.2 Å². The zero-order chi connectivity index (χ0) is 12.5. The average molecular weight is 301 g/mol. The lowest BCUT2D eigenvalue weighted by molar-refractivity contribution is 0.0569. The minimum Gasteiger partial charge on any atom is -0.453 e. The highest BCUT2D eigenvalue weighted by atomic mass is 79.9. The molecule has 1 aromatic heterocycles. The Kier molecular flexibility index (Phi) is 3.95. The van der Waals surface area contributed by atoms with Crippen LogP contribution in [0.15, 0.2) is 21.2 Å². The van der Waals surface area contributed by atoms with Gasteiger partial charge < -0.3 is 14.6 Å². The fourth-order valence-electron chi connectivity index (χ4n) is 2.37. The summed E-state index contributed by atoms with van der Waals surface area (Å²) in [6.45, 7) is 3.17. The topological polar surface area (TPSA) is 28.4 Å². The number of furan rings is 1. The van der Waals surface area contributed by atoms with Gasteiger partial charge in [0, 0.05) is 12.1 Å². The molecule has 1 aromatic rings. The first-order valence-electron chi connectivity index (χ1n) is 6.19. The molecule has 1 aliphatic rings. The number of rotatable bonds is 5. The Morgan fingerprint density at radius 2 is 2.18 bits per heavy atom. The molecule has 3 nitrogen and oxygen atoms in total. The van der Waals surface area contributed by atoms with Gasteiger partial charge in [0.1, 0.15) is 5.76 Å². The van der Waals surface area contributed by atoms with Crippen molar-refractivity contribution in [1.29, 1.82) is 0 Å². The molecule has 1 atom stereocenters. The van der Waals surface area contributed by atoms with Crippen molar-refractivity contribution in [3.8, 4) is 0 Å². The number of likely N-dealkylation sites (N-methyl/N-ethyl adjacent to an activating group) is 1. The van der Waals surface area contributed by atoms with Crippen LogP contribution >= 0.6 is 15.9 Å². The van der Waals surface area contributed by atoms with Gasteiger partial charge in [0.2, 0.25) is 0 Å². The molecule has 96 valence electrons. The Bertz CT molecular complexity index is 371. The van der Waals surface area contributed by atoms with E-state index in [4.69, 9.17) is 4.42 Å². The average Bonchev–Trinajstić information content (AvgIpc) is 2.62. The van der Waals surface area contributed by atoms with Crippen LogP contribution in [0.2, 0.25) is 0 Å². The molecule has 1 fully saturated rings. The fraction of sp³-hybridized carbons (Fsp3) is 0.692. The highest BCUT2D eigenvalue weighted by Gasteiger charge is 2.38. The monoisotopic (exact) mass is 300 g/mol. The van der Waals surface area contributed by atoms with E-state index < -0.39 is 0 Å². The number of hydrogen-bond donors (Lipinski definition) is 1. The molecule has 4 heteroatoms. The van der Waals surface area contributed by atoms with Gasteiger partial charge in [-0.1, -0.05) is 0 Å². The highest BCUT2D eigenvalue weighted by molar-refractivity contribution is 9.10. The number of halogens is 1. The van der Waals surface area contributed by atoms with Crippen LogP contribution in [0.5, 0.6) is 0 Å². The summed E-state index contributed by atoms with van der Waals surface area (Å²) in [5, 5.41) is 3.58. The van der Waals surface area contributed by atoms with E-state index >= 15 is 0 Å². The van der Waals surface area contributed by atoms with Crippen molar-refractivity contribution in [2.75, 3.05) is 20.6 Å². The standard InChI is InChI=1S/C13H21BrN2O/c1-10(11-5-6-12(14)17-11)15-9-13(16(2)3)7-4-8-13/h5-6,10,15H,4,7-9H2,1-3H3. The summed E-state index contributed by atoms with van der Waals surface area (Å²) in [7, 11) is 4.35. The molecule has 1 unspecified atom stereocenters. The zero-order valence-electron chi connectivity index (χ0n) is 10.8.